The van der Waals surface area contributed by atoms with E-state index in [2.05, 4.69) is 79.3 Å². The van der Waals surface area contributed by atoms with Crippen LogP contribution in [0.1, 0.15) is 23.1 Å². The van der Waals surface area contributed by atoms with E-state index >= 15 is 0 Å². The van der Waals surface area contributed by atoms with Gasteiger partial charge in [0, 0.05) is 34.3 Å². The molecule has 0 aliphatic rings. The third-order valence-electron chi connectivity index (χ3n) is 5.03. The Hall–Kier alpha value is -2.82. The zero-order valence-corrected chi connectivity index (χ0v) is 21.9. The van der Waals surface area contributed by atoms with Crippen molar-refractivity contribution in [2.24, 2.45) is 0 Å². The van der Waals surface area contributed by atoms with Gasteiger partial charge in [-0.25, -0.2) is 0 Å². The normalized spacial score (nSPS) is 12.6. The van der Waals surface area contributed by atoms with Gasteiger partial charge in [0.2, 0.25) is 0 Å². The van der Waals surface area contributed by atoms with Crippen LogP contribution in [0.5, 0.6) is 0 Å². The summed E-state index contributed by atoms with van der Waals surface area (Å²) in [5.41, 5.74) is 5.15. The topological polar surface area (TPSA) is 23.5 Å². The van der Waals surface area contributed by atoms with Gasteiger partial charge in [-0.1, -0.05) is 98.6 Å². The lowest BCUT2D eigenvalue weighted by Gasteiger charge is -2.11. The molecule has 0 unspecified atom stereocenters. The van der Waals surface area contributed by atoms with Crippen LogP contribution < -0.4 is 4.90 Å². The van der Waals surface area contributed by atoms with Gasteiger partial charge in [-0.2, -0.15) is 0 Å². The zero-order valence-electron chi connectivity index (χ0n) is 18.7. The summed E-state index contributed by atoms with van der Waals surface area (Å²) in [4.78, 5) is 2.09. The standard InChI is InChI=1S/C29H27Br2NO/c1-32(2)28-19-9-22(10-20-28)7-5-3-4-6-8-25(23-11-15-26(30)16-12-23)21-29(33)24-13-17-27(31)18-14-24/h3-5,7-21,33H,6H2,1-2H3/b4-3+,7-5+,25-8+,29-21-. The van der Waals surface area contributed by atoms with Crippen LogP contribution >= 0.6 is 31.9 Å². The Kier molecular flexibility index (Phi) is 9.35. The molecule has 2 nitrogen and oxygen atoms in total. The van der Waals surface area contributed by atoms with Crippen molar-refractivity contribution in [3.8, 4) is 0 Å². The van der Waals surface area contributed by atoms with Crippen molar-refractivity contribution in [3.63, 3.8) is 0 Å². The van der Waals surface area contributed by atoms with Crippen LogP contribution in [0, 0.1) is 0 Å². The lowest BCUT2D eigenvalue weighted by Crippen LogP contribution is -2.07. The Balaban J connectivity index is 1.73. The lowest BCUT2D eigenvalue weighted by atomic mass is 10.0. The van der Waals surface area contributed by atoms with Crippen molar-refractivity contribution >= 4 is 55.0 Å². The summed E-state index contributed by atoms with van der Waals surface area (Å²) in [6, 6.07) is 24.2. The number of hydrogen-bond donors (Lipinski definition) is 1. The molecule has 0 aliphatic carbocycles. The number of hydrogen-bond acceptors (Lipinski definition) is 2. The highest BCUT2D eigenvalue weighted by molar-refractivity contribution is 9.10. The number of aliphatic hydroxyl groups is 1. The molecule has 3 rings (SSSR count). The number of halogens is 2. The first-order valence-electron chi connectivity index (χ1n) is 10.7. The lowest BCUT2D eigenvalue weighted by molar-refractivity contribution is 0.512. The van der Waals surface area contributed by atoms with Crippen LogP contribution in [-0.2, 0) is 0 Å². The maximum atomic E-state index is 10.7. The molecular weight excluding hydrogens is 538 g/mol. The summed E-state index contributed by atoms with van der Waals surface area (Å²) in [6.45, 7) is 0. The molecule has 33 heavy (non-hydrogen) atoms. The molecule has 4 heteroatoms. The summed E-state index contributed by atoms with van der Waals surface area (Å²) in [5.74, 6) is 0.238. The number of rotatable bonds is 8. The summed E-state index contributed by atoms with van der Waals surface area (Å²) in [6.07, 6.45) is 13.0. The van der Waals surface area contributed by atoms with Crippen molar-refractivity contribution in [3.05, 3.63) is 129 Å². The average Bonchev–Trinajstić information content (AvgIpc) is 2.81. The van der Waals surface area contributed by atoms with Crippen molar-refractivity contribution in [1.29, 1.82) is 0 Å². The van der Waals surface area contributed by atoms with E-state index < -0.39 is 0 Å². The fraction of sp³-hybridized carbons (Fsp3) is 0.103. The Labute approximate surface area is 213 Å². The van der Waals surface area contributed by atoms with Crippen molar-refractivity contribution < 1.29 is 5.11 Å². The van der Waals surface area contributed by atoms with E-state index in [1.165, 1.54) is 11.3 Å². The van der Waals surface area contributed by atoms with E-state index in [4.69, 9.17) is 0 Å². The molecule has 0 fully saturated rings. The van der Waals surface area contributed by atoms with Gasteiger partial charge < -0.3 is 10.0 Å². The highest BCUT2D eigenvalue weighted by Gasteiger charge is 2.04. The van der Waals surface area contributed by atoms with Crippen molar-refractivity contribution in [1.82, 2.24) is 0 Å². The number of anilines is 1. The second-order valence-corrected chi connectivity index (χ2v) is 9.54. The van der Waals surface area contributed by atoms with Gasteiger partial charge in [0.25, 0.3) is 0 Å². The largest absolute Gasteiger partial charge is 0.507 e. The van der Waals surface area contributed by atoms with E-state index in [-0.39, 0.29) is 5.76 Å². The predicted molar refractivity (Wildman–Crippen MR) is 150 cm³/mol. The molecule has 168 valence electrons. The summed E-state index contributed by atoms with van der Waals surface area (Å²) in [5, 5.41) is 10.7. The van der Waals surface area contributed by atoms with E-state index in [1.807, 2.05) is 80.9 Å². The van der Waals surface area contributed by atoms with Gasteiger partial charge in [0.1, 0.15) is 5.76 Å². The van der Waals surface area contributed by atoms with Crippen LogP contribution in [-0.4, -0.2) is 19.2 Å². The number of benzene rings is 3. The molecule has 0 atom stereocenters. The highest BCUT2D eigenvalue weighted by atomic mass is 79.9. The molecule has 0 amide bonds. The van der Waals surface area contributed by atoms with E-state index in [1.54, 1.807) is 0 Å². The quantitative estimate of drug-likeness (QED) is 0.218. The summed E-state index contributed by atoms with van der Waals surface area (Å²) in [7, 11) is 4.08. The van der Waals surface area contributed by atoms with E-state index in [0.29, 0.717) is 0 Å². The van der Waals surface area contributed by atoms with Gasteiger partial charge in [0.05, 0.1) is 0 Å². The van der Waals surface area contributed by atoms with Crippen LogP contribution in [0.4, 0.5) is 5.69 Å². The predicted octanol–water partition coefficient (Wildman–Crippen LogP) is 8.92. The van der Waals surface area contributed by atoms with E-state index in [9.17, 15) is 5.11 Å². The molecule has 0 aliphatic heterocycles. The molecular formula is C29H27Br2NO. The summed E-state index contributed by atoms with van der Waals surface area (Å²) >= 11 is 6.93. The molecule has 0 bridgehead atoms. The molecule has 1 N–H and O–H groups in total. The molecule has 0 saturated carbocycles. The van der Waals surface area contributed by atoms with Gasteiger partial charge >= 0.3 is 0 Å². The average molecular weight is 565 g/mol. The fourth-order valence-electron chi connectivity index (χ4n) is 3.16. The molecule has 0 heterocycles. The minimum absolute atomic E-state index is 0.238. The molecule has 0 radical (unpaired) electrons. The van der Waals surface area contributed by atoms with Crippen molar-refractivity contribution in [2.75, 3.05) is 19.0 Å². The second-order valence-electron chi connectivity index (χ2n) is 7.71. The first kappa shape index (κ1) is 24.8. The monoisotopic (exact) mass is 563 g/mol. The minimum atomic E-state index is 0.238. The van der Waals surface area contributed by atoms with Crippen LogP contribution in [0.2, 0.25) is 0 Å². The fourth-order valence-corrected chi connectivity index (χ4v) is 3.68. The first-order chi connectivity index (χ1) is 15.9. The third-order valence-corrected chi connectivity index (χ3v) is 6.09. The Bertz CT molecular complexity index is 1150. The molecule has 3 aromatic rings. The van der Waals surface area contributed by atoms with Crippen LogP contribution in [0.25, 0.3) is 17.4 Å². The Morgan fingerprint density at radius 2 is 1.36 bits per heavy atom. The van der Waals surface area contributed by atoms with Gasteiger partial charge in [-0.3, -0.25) is 0 Å². The first-order valence-corrected chi connectivity index (χ1v) is 12.2. The maximum absolute atomic E-state index is 10.7. The molecule has 0 spiro atoms. The highest BCUT2D eigenvalue weighted by Crippen LogP contribution is 2.24. The minimum Gasteiger partial charge on any atom is -0.507 e. The smallest absolute Gasteiger partial charge is 0.123 e. The second kappa shape index (κ2) is 12.4. The Morgan fingerprint density at radius 3 is 1.94 bits per heavy atom. The maximum Gasteiger partial charge on any atom is 0.123 e. The van der Waals surface area contributed by atoms with Gasteiger partial charge in [-0.05, 0) is 65.6 Å². The summed E-state index contributed by atoms with van der Waals surface area (Å²) < 4.78 is 2.00. The number of nitrogens with zero attached hydrogens (tertiary/aromatic N) is 1. The van der Waals surface area contributed by atoms with Gasteiger partial charge in [-0.15, -0.1) is 0 Å². The van der Waals surface area contributed by atoms with E-state index in [0.717, 1.165) is 32.1 Å². The zero-order chi connectivity index (χ0) is 23.6. The number of aliphatic hydroxyl groups excluding tert-OH is 1. The van der Waals surface area contributed by atoms with Crippen molar-refractivity contribution in [2.45, 2.75) is 6.42 Å². The molecule has 0 saturated heterocycles. The third kappa shape index (κ3) is 7.92. The SMILES string of the molecule is CN(C)c1ccc(/C=C/C=C/C/C=C(\C=C(/O)c2ccc(Br)cc2)c2ccc(Br)cc2)cc1. The molecule has 3 aromatic carbocycles. The van der Waals surface area contributed by atoms with Crippen LogP contribution in [0.15, 0.2) is 112 Å². The van der Waals surface area contributed by atoms with Gasteiger partial charge in [0.15, 0.2) is 0 Å². The Morgan fingerprint density at radius 1 is 0.788 bits per heavy atom. The molecule has 0 aromatic heterocycles. The number of allylic oxidation sites excluding steroid dienone is 6. The van der Waals surface area contributed by atoms with Crippen LogP contribution in [0.3, 0.4) is 0 Å².